The molecular weight excluding hydrogens is 164 g/mol. The Bertz CT molecular complexity index is 187. The standard InChI is InChI=1S/C11H20O2/c1-7(2)9-5-4-8(3)10(6-9)11(12)13/h7-10H,4-6H2,1-3H3,(H,12,13). The Hall–Kier alpha value is -0.530. The van der Waals surface area contributed by atoms with E-state index in [1.54, 1.807) is 0 Å². The summed E-state index contributed by atoms with van der Waals surface area (Å²) in [4.78, 5) is 10.9. The number of carbonyl (C=O) groups is 1. The van der Waals surface area contributed by atoms with Crippen molar-refractivity contribution in [1.82, 2.24) is 0 Å². The van der Waals surface area contributed by atoms with Gasteiger partial charge in [0.1, 0.15) is 0 Å². The van der Waals surface area contributed by atoms with Crippen LogP contribution in [-0.4, -0.2) is 11.1 Å². The Morgan fingerprint density at radius 1 is 1.38 bits per heavy atom. The van der Waals surface area contributed by atoms with Gasteiger partial charge in [-0.2, -0.15) is 0 Å². The molecule has 2 heteroatoms. The molecule has 1 aliphatic rings. The molecule has 0 aliphatic heterocycles. The number of hydrogen-bond acceptors (Lipinski definition) is 1. The molecular formula is C11H20O2. The fraction of sp³-hybridized carbons (Fsp3) is 0.909. The molecule has 1 N–H and O–H groups in total. The predicted molar refractivity (Wildman–Crippen MR) is 52.5 cm³/mol. The highest BCUT2D eigenvalue weighted by Gasteiger charge is 2.33. The summed E-state index contributed by atoms with van der Waals surface area (Å²) < 4.78 is 0. The van der Waals surface area contributed by atoms with Crippen LogP contribution in [0.3, 0.4) is 0 Å². The lowest BCUT2D eigenvalue weighted by molar-refractivity contribution is -0.145. The number of carboxylic acid groups (broad SMARTS) is 1. The largest absolute Gasteiger partial charge is 0.481 e. The third kappa shape index (κ3) is 2.45. The summed E-state index contributed by atoms with van der Waals surface area (Å²) in [5.74, 6) is 0.929. The molecule has 2 nitrogen and oxygen atoms in total. The molecule has 1 aliphatic carbocycles. The van der Waals surface area contributed by atoms with Crippen molar-refractivity contribution < 1.29 is 9.90 Å². The van der Waals surface area contributed by atoms with Crippen LogP contribution in [0.25, 0.3) is 0 Å². The lowest BCUT2D eigenvalue weighted by atomic mass is 9.71. The number of carboxylic acids is 1. The molecule has 0 bridgehead atoms. The van der Waals surface area contributed by atoms with Crippen LogP contribution in [0.5, 0.6) is 0 Å². The monoisotopic (exact) mass is 184 g/mol. The first-order chi connectivity index (χ1) is 6.02. The molecule has 3 atom stereocenters. The van der Waals surface area contributed by atoms with E-state index >= 15 is 0 Å². The van der Waals surface area contributed by atoms with Crippen LogP contribution in [-0.2, 0) is 4.79 Å². The quantitative estimate of drug-likeness (QED) is 0.716. The highest BCUT2D eigenvalue weighted by Crippen LogP contribution is 2.37. The minimum Gasteiger partial charge on any atom is -0.481 e. The average molecular weight is 184 g/mol. The third-order valence-electron chi connectivity index (χ3n) is 3.50. The van der Waals surface area contributed by atoms with Crippen molar-refractivity contribution in [2.75, 3.05) is 0 Å². The Labute approximate surface area is 80.3 Å². The molecule has 76 valence electrons. The number of rotatable bonds is 2. The first-order valence-electron chi connectivity index (χ1n) is 5.25. The van der Waals surface area contributed by atoms with Gasteiger partial charge in [-0.25, -0.2) is 0 Å². The molecule has 0 aromatic rings. The summed E-state index contributed by atoms with van der Waals surface area (Å²) in [6.07, 6.45) is 3.18. The van der Waals surface area contributed by atoms with E-state index in [1.165, 1.54) is 6.42 Å². The third-order valence-corrected chi connectivity index (χ3v) is 3.50. The first kappa shape index (κ1) is 10.6. The van der Waals surface area contributed by atoms with Crippen molar-refractivity contribution in [3.05, 3.63) is 0 Å². The maximum atomic E-state index is 10.9. The van der Waals surface area contributed by atoms with E-state index in [-0.39, 0.29) is 5.92 Å². The fourth-order valence-electron chi connectivity index (χ4n) is 2.30. The summed E-state index contributed by atoms with van der Waals surface area (Å²) >= 11 is 0. The smallest absolute Gasteiger partial charge is 0.306 e. The summed E-state index contributed by atoms with van der Waals surface area (Å²) in [6, 6.07) is 0. The van der Waals surface area contributed by atoms with Gasteiger partial charge >= 0.3 is 5.97 Å². The Kier molecular flexibility index (Phi) is 3.34. The highest BCUT2D eigenvalue weighted by molar-refractivity contribution is 5.70. The zero-order valence-corrected chi connectivity index (χ0v) is 8.79. The van der Waals surface area contributed by atoms with Crippen LogP contribution in [0.2, 0.25) is 0 Å². The Morgan fingerprint density at radius 2 is 2.00 bits per heavy atom. The average Bonchev–Trinajstić information content (AvgIpc) is 2.04. The van der Waals surface area contributed by atoms with Gasteiger partial charge in [-0.05, 0) is 37.0 Å². The molecule has 0 amide bonds. The molecule has 3 unspecified atom stereocenters. The van der Waals surface area contributed by atoms with Gasteiger partial charge in [0.25, 0.3) is 0 Å². The van der Waals surface area contributed by atoms with Gasteiger partial charge < -0.3 is 5.11 Å². The van der Waals surface area contributed by atoms with Gasteiger partial charge in [0.05, 0.1) is 5.92 Å². The topological polar surface area (TPSA) is 37.3 Å². The van der Waals surface area contributed by atoms with E-state index in [0.29, 0.717) is 17.8 Å². The minimum atomic E-state index is -0.599. The molecule has 0 heterocycles. The van der Waals surface area contributed by atoms with Gasteiger partial charge in [-0.1, -0.05) is 20.8 Å². The van der Waals surface area contributed by atoms with Crippen LogP contribution in [0.1, 0.15) is 40.0 Å². The lowest BCUT2D eigenvalue weighted by Crippen LogP contribution is -2.31. The SMILES string of the molecule is CC(C)C1CCC(C)C(C(=O)O)C1. The van der Waals surface area contributed by atoms with Gasteiger partial charge in [0.15, 0.2) is 0 Å². The van der Waals surface area contributed by atoms with Crippen LogP contribution in [0.4, 0.5) is 0 Å². The fourth-order valence-corrected chi connectivity index (χ4v) is 2.30. The second-order valence-corrected chi connectivity index (χ2v) is 4.74. The van der Waals surface area contributed by atoms with Crippen molar-refractivity contribution in [3.8, 4) is 0 Å². The summed E-state index contributed by atoms with van der Waals surface area (Å²) in [7, 11) is 0. The van der Waals surface area contributed by atoms with E-state index in [4.69, 9.17) is 5.11 Å². The second kappa shape index (κ2) is 4.12. The van der Waals surface area contributed by atoms with Gasteiger partial charge in [-0.3, -0.25) is 4.79 Å². The molecule has 0 saturated heterocycles. The van der Waals surface area contributed by atoms with E-state index in [0.717, 1.165) is 12.8 Å². The molecule has 1 rings (SSSR count). The summed E-state index contributed by atoms with van der Waals surface area (Å²) in [6.45, 7) is 6.45. The molecule has 0 spiro atoms. The van der Waals surface area contributed by atoms with Gasteiger partial charge in [0, 0.05) is 0 Å². The van der Waals surface area contributed by atoms with Crippen molar-refractivity contribution in [2.45, 2.75) is 40.0 Å². The summed E-state index contributed by atoms with van der Waals surface area (Å²) in [5.41, 5.74) is 0. The second-order valence-electron chi connectivity index (χ2n) is 4.74. The Balaban J connectivity index is 2.58. The zero-order valence-electron chi connectivity index (χ0n) is 8.79. The molecule has 1 fully saturated rings. The molecule has 13 heavy (non-hydrogen) atoms. The van der Waals surface area contributed by atoms with Crippen molar-refractivity contribution in [3.63, 3.8) is 0 Å². The van der Waals surface area contributed by atoms with Crippen molar-refractivity contribution >= 4 is 5.97 Å². The molecule has 0 aromatic heterocycles. The van der Waals surface area contributed by atoms with E-state index in [2.05, 4.69) is 20.8 Å². The van der Waals surface area contributed by atoms with Gasteiger partial charge in [-0.15, -0.1) is 0 Å². The van der Waals surface area contributed by atoms with E-state index in [1.807, 2.05) is 0 Å². The van der Waals surface area contributed by atoms with Crippen molar-refractivity contribution in [1.29, 1.82) is 0 Å². The summed E-state index contributed by atoms with van der Waals surface area (Å²) in [5, 5.41) is 9.01. The molecule has 0 aromatic carbocycles. The minimum absolute atomic E-state index is 0.0962. The van der Waals surface area contributed by atoms with E-state index in [9.17, 15) is 4.79 Å². The number of hydrogen-bond donors (Lipinski definition) is 1. The normalized spacial score (nSPS) is 34.9. The van der Waals surface area contributed by atoms with Gasteiger partial charge in [0.2, 0.25) is 0 Å². The maximum absolute atomic E-state index is 10.9. The first-order valence-corrected chi connectivity index (χ1v) is 5.25. The van der Waals surface area contributed by atoms with Crippen molar-refractivity contribution in [2.24, 2.45) is 23.7 Å². The molecule has 1 saturated carbocycles. The van der Waals surface area contributed by atoms with Crippen LogP contribution < -0.4 is 0 Å². The highest BCUT2D eigenvalue weighted by atomic mass is 16.4. The van der Waals surface area contributed by atoms with Crippen LogP contribution >= 0.6 is 0 Å². The van der Waals surface area contributed by atoms with Crippen LogP contribution in [0, 0.1) is 23.7 Å². The molecule has 0 radical (unpaired) electrons. The predicted octanol–water partition coefficient (Wildman–Crippen LogP) is 2.78. The number of aliphatic carboxylic acids is 1. The maximum Gasteiger partial charge on any atom is 0.306 e. The Morgan fingerprint density at radius 3 is 2.46 bits per heavy atom. The lowest BCUT2D eigenvalue weighted by Gasteiger charge is -2.33. The van der Waals surface area contributed by atoms with Crippen LogP contribution in [0.15, 0.2) is 0 Å². The van der Waals surface area contributed by atoms with E-state index < -0.39 is 5.97 Å². The zero-order chi connectivity index (χ0) is 10.0.